The highest BCUT2D eigenvalue weighted by Gasteiger charge is 2.16. The Morgan fingerprint density at radius 1 is 1.27 bits per heavy atom. The van der Waals surface area contributed by atoms with Crippen molar-refractivity contribution >= 4 is 11.6 Å². The van der Waals surface area contributed by atoms with E-state index in [2.05, 4.69) is 50.6 Å². The van der Waals surface area contributed by atoms with Crippen molar-refractivity contribution in [2.45, 2.75) is 39.7 Å². The number of rotatable bonds is 6. The zero-order valence-corrected chi connectivity index (χ0v) is 17.5. The summed E-state index contributed by atoms with van der Waals surface area (Å²) in [6.45, 7) is 7.37. The molecule has 1 N–H and O–H groups in total. The average molecular weight is 403 g/mol. The van der Waals surface area contributed by atoms with Gasteiger partial charge in [0.2, 0.25) is 5.91 Å². The van der Waals surface area contributed by atoms with Crippen molar-refractivity contribution in [1.82, 2.24) is 24.8 Å². The van der Waals surface area contributed by atoms with Crippen molar-refractivity contribution in [3.63, 3.8) is 0 Å². The summed E-state index contributed by atoms with van der Waals surface area (Å²) in [7, 11) is 0. The number of amides is 1. The third-order valence-corrected chi connectivity index (χ3v) is 5.89. The summed E-state index contributed by atoms with van der Waals surface area (Å²) < 4.78 is 1.69. The number of nitrogens with one attached hydrogen (secondary N) is 1. The molecule has 0 unspecified atom stereocenters. The van der Waals surface area contributed by atoms with E-state index in [1.165, 1.54) is 17.3 Å². The molecule has 154 valence electrons. The van der Waals surface area contributed by atoms with Crippen LogP contribution in [0.15, 0.2) is 30.5 Å². The lowest BCUT2D eigenvalue weighted by molar-refractivity contribution is -0.121. The number of carbonyl (C=O) groups is 1. The topological polar surface area (TPSA) is 86.3 Å². The van der Waals surface area contributed by atoms with Gasteiger partial charge in [0.1, 0.15) is 11.6 Å². The second kappa shape index (κ2) is 8.64. The minimum Gasteiger partial charge on any atom is -0.355 e. The van der Waals surface area contributed by atoms with E-state index in [1.807, 2.05) is 13.8 Å². The van der Waals surface area contributed by atoms with Crippen LogP contribution in [0.1, 0.15) is 40.1 Å². The highest BCUT2D eigenvalue weighted by Crippen LogP contribution is 2.19. The molecule has 0 radical (unpaired) electrons. The molecule has 0 spiro atoms. The largest absolute Gasteiger partial charge is 0.355 e. The smallest absolute Gasteiger partial charge is 0.220 e. The maximum atomic E-state index is 12.4. The molecule has 0 bridgehead atoms. The van der Waals surface area contributed by atoms with Gasteiger partial charge in [0.05, 0.1) is 6.20 Å². The second-order valence-corrected chi connectivity index (χ2v) is 7.81. The Kier molecular flexibility index (Phi) is 5.77. The van der Waals surface area contributed by atoms with E-state index in [9.17, 15) is 10.1 Å². The average Bonchev–Trinajstić information content (AvgIpc) is 3.16. The summed E-state index contributed by atoms with van der Waals surface area (Å²) in [6.07, 6.45) is 3.61. The van der Waals surface area contributed by atoms with Gasteiger partial charge in [0.15, 0.2) is 5.65 Å². The van der Waals surface area contributed by atoms with Gasteiger partial charge in [0, 0.05) is 44.0 Å². The maximum absolute atomic E-state index is 12.4. The van der Waals surface area contributed by atoms with Crippen LogP contribution < -0.4 is 5.32 Å². The van der Waals surface area contributed by atoms with E-state index in [0.29, 0.717) is 30.6 Å². The Balaban J connectivity index is 1.29. The minimum absolute atomic E-state index is 0.0458. The van der Waals surface area contributed by atoms with Crippen LogP contribution in [0.5, 0.6) is 0 Å². The third kappa shape index (κ3) is 4.05. The first-order chi connectivity index (χ1) is 14.6. The number of benzene rings is 1. The lowest BCUT2D eigenvalue weighted by atomic mass is 10.00. The molecule has 1 aliphatic heterocycles. The summed E-state index contributed by atoms with van der Waals surface area (Å²) >= 11 is 0. The van der Waals surface area contributed by atoms with Crippen LogP contribution in [0, 0.1) is 25.2 Å². The fourth-order valence-corrected chi connectivity index (χ4v) is 4.18. The first kappa shape index (κ1) is 20.0. The molecular formula is C23H26N6O. The van der Waals surface area contributed by atoms with Gasteiger partial charge in [-0.05, 0) is 43.4 Å². The normalized spacial score (nSPS) is 13.8. The maximum Gasteiger partial charge on any atom is 0.220 e. The number of carbonyl (C=O) groups excluding carboxylic acids is 1. The highest BCUT2D eigenvalue weighted by molar-refractivity contribution is 5.76. The molecule has 3 aromatic rings. The van der Waals surface area contributed by atoms with Gasteiger partial charge >= 0.3 is 0 Å². The van der Waals surface area contributed by atoms with Crippen LogP contribution in [0.25, 0.3) is 5.65 Å². The molecule has 0 atom stereocenters. The Labute approximate surface area is 176 Å². The van der Waals surface area contributed by atoms with Crippen LogP contribution >= 0.6 is 0 Å². The standard InChI is InChI=1S/C23H26N6O/c1-16-21(17(2)29-23(27-16)20(13-24)14-26-29)7-8-22(30)25-10-12-28-11-9-18-5-3-4-6-19(18)15-28/h3-6,14H,7-12,15H2,1-2H3,(H,25,30). The number of aryl methyl sites for hydroxylation is 2. The summed E-state index contributed by atoms with van der Waals surface area (Å²) in [5, 5.41) is 16.5. The number of fused-ring (bicyclic) bond motifs is 2. The molecular weight excluding hydrogens is 376 g/mol. The number of nitrogens with zero attached hydrogens (tertiary/aromatic N) is 5. The number of hydrogen-bond donors (Lipinski definition) is 1. The molecule has 3 heterocycles. The predicted molar refractivity (Wildman–Crippen MR) is 114 cm³/mol. The summed E-state index contributed by atoms with van der Waals surface area (Å²) in [5.41, 5.74) is 6.65. The molecule has 0 saturated heterocycles. The molecule has 1 aliphatic rings. The lowest BCUT2D eigenvalue weighted by Crippen LogP contribution is -2.37. The van der Waals surface area contributed by atoms with Gasteiger partial charge in [-0.1, -0.05) is 24.3 Å². The monoisotopic (exact) mass is 402 g/mol. The summed E-state index contributed by atoms with van der Waals surface area (Å²) in [5.74, 6) is 0.0458. The van der Waals surface area contributed by atoms with Gasteiger partial charge in [-0.2, -0.15) is 10.4 Å². The molecule has 1 aromatic carbocycles. The Morgan fingerprint density at radius 3 is 2.87 bits per heavy atom. The molecule has 4 rings (SSSR count). The summed E-state index contributed by atoms with van der Waals surface area (Å²) in [6, 6.07) is 10.7. The van der Waals surface area contributed by atoms with Crippen LogP contribution in [-0.4, -0.2) is 45.0 Å². The Bertz CT molecular complexity index is 1130. The summed E-state index contributed by atoms with van der Waals surface area (Å²) in [4.78, 5) is 19.3. The van der Waals surface area contributed by atoms with Crippen molar-refractivity contribution in [3.8, 4) is 6.07 Å². The van der Waals surface area contributed by atoms with Crippen molar-refractivity contribution in [3.05, 3.63) is 64.1 Å². The van der Waals surface area contributed by atoms with E-state index in [-0.39, 0.29) is 5.91 Å². The Hall–Kier alpha value is -3.24. The lowest BCUT2D eigenvalue weighted by Gasteiger charge is -2.28. The van der Waals surface area contributed by atoms with Gasteiger partial charge in [-0.3, -0.25) is 9.69 Å². The molecule has 30 heavy (non-hydrogen) atoms. The SMILES string of the molecule is Cc1nc2c(C#N)cnn2c(C)c1CCC(=O)NCCN1CCc2ccccc2C1. The van der Waals surface area contributed by atoms with Crippen molar-refractivity contribution < 1.29 is 4.79 Å². The van der Waals surface area contributed by atoms with Crippen LogP contribution in [0.3, 0.4) is 0 Å². The van der Waals surface area contributed by atoms with Crippen molar-refractivity contribution in [2.24, 2.45) is 0 Å². The second-order valence-electron chi connectivity index (χ2n) is 7.81. The third-order valence-electron chi connectivity index (χ3n) is 5.89. The van der Waals surface area contributed by atoms with E-state index in [0.717, 1.165) is 43.0 Å². The predicted octanol–water partition coefficient (Wildman–Crippen LogP) is 2.32. The van der Waals surface area contributed by atoms with E-state index in [4.69, 9.17) is 0 Å². The van der Waals surface area contributed by atoms with Crippen LogP contribution in [0.2, 0.25) is 0 Å². The van der Waals surface area contributed by atoms with Crippen molar-refractivity contribution in [2.75, 3.05) is 19.6 Å². The zero-order valence-electron chi connectivity index (χ0n) is 17.5. The molecule has 2 aromatic heterocycles. The molecule has 7 heteroatoms. The number of nitriles is 1. The first-order valence-electron chi connectivity index (χ1n) is 10.4. The number of aromatic nitrogens is 3. The molecule has 1 amide bonds. The molecule has 7 nitrogen and oxygen atoms in total. The van der Waals surface area contributed by atoms with E-state index >= 15 is 0 Å². The van der Waals surface area contributed by atoms with Gasteiger partial charge in [0.25, 0.3) is 0 Å². The quantitative estimate of drug-likeness (QED) is 0.684. The molecule has 0 fully saturated rings. The minimum atomic E-state index is 0.0458. The van der Waals surface area contributed by atoms with Gasteiger partial charge in [-0.25, -0.2) is 9.50 Å². The first-order valence-corrected chi connectivity index (χ1v) is 10.4. The van der Waals surface area contributed by atoms with E-state index in [1.54, 1.807) is 4.52 Å². The van der Waals surface area contributed by atoms with Gasteiger partial charge < -0.3 is 5.32 Å². The molecule has 0 aliphatic carbocycles. The highest BCUT2D eigenvalue weighted by atomic mass is 16.1. The van der Waals surface area contributed by atoms with Crippen LogP contribution in [-0.2, 0) is 24.2 Å². The van der Waals surface area contributed by atoms with E-state index < -0.39 is 0 Å². The Morgan fingerprint density at radius 2 is 2.07 bits per heavy atom. The fourth-order valence-electron chi connectivity index (χ4n) is 4.18. The van der Waals surface area contributed by atoms with Gasteiger partial charge in [-0.15, -0.1) is 0 Å². The fraction of sp³-hybridized carbons (Fsp3) is 0.391. The zero-order chi connectivity index (χ0) is 21.1. The van der Waals surface area contributed by atoms with Crippen molar-refractivity contribution in [1.29, 1.82) is 5.26 Å². The van der Waals surface area contributed by atoms with Crippen LogP contribution in [0.4, 0.5) is 0 Å². The molecule has 0 saturated carbocycles. The number of hydrogen-bond acceptors (Lipinski definition) is 5.